The molecule has 1 aliphatic rings. The third-order valence-corrected chi connectivity index (χ3v) is 4.52. The van der Waals surface area contributed by atoms with Gasteiger partial charge in [0.1, 0.15) is 5.82 Å². The Hall–Kier alpha value is -1.45. The largest absolute Gasteiger partial charge is 0.354 e. The number of nitrogens with zero attached hydrogens (tertiary/aromatic N) is 2. The van der Waals surface area contributed by atoms with E-state index in [1.807, 2.05) is 6.20 Å². The van der Waals surface area contributed by atoms with Crippen LogP contribution in [0.2, 0.25) is 0 Å². The predicted molar refractivity (Wildman–Crippen MR) is 88.5 cm³/mol. The molecule has 2 rings (SSSR count). The van der Waals surface area contributed by atoms with Crippen LogP contribution < -0.4 is 5.32 Å². The molecule has 122 valence electrons. The molecule has 1 aliphatic carbocycles. The zero-order chi connectivity index (χ0) is 15.8. The zero-order valence-electron chi connectivity index (χ0n) is 14.0. The summed E-state index contributed by atoms with van der Waals surface area (Å²) in [4.78, 5) is 20.2. The molecule has 0 spiro atoms. The number of hydrogen-bond donors (Lipinski definition) is 1. The fourth-order valence-electron chi connectivity index (χ4n) is 3.30. The van der Waals surface area contributed by atoms with E-state index in [4.69, 9.17) is 4.98 Å². The van der Waals surface area contributed by atoms with Crippen LogP contribution in [-0.2, 0) is 17.6 Å². The van der Waals surface area contributed by atoms with Gasteiger partial charge in [0, 0.05) is 31.3 Å². The molecule has 1 aromatic heterocycles. The first kappa shape index (κ1) is 16.9. The van der Waals surface area contributed by atoms with Crippen LogP contribution in [0.25, 0.3) is 0 Å². The van der Waals surface area contributed by atoms with Crippen molar-refractivity contribution in [1.29, 1.82) is 0 Å². The molecule has 1 fully saturated rings. The molecule has 0 aliphatic heterocycles. The van der Waals surface area contributed by atoms with E-state index in [0.717, 1.165) is 31.5 Å². The van der Waals surface area contributed by atoms with E-state index in [-0.39, 0.29) is 5.91 Å². The van der Waals surface area contributed by atoms with Crippen LogP contribution >= 0.6 is 0 Å². The van der Waals surface area contributed by atoms with Crippen molar-refractivity contribution in [1.82, 2.24) is 15.3 Å². The highest BCUT2D eigenvalue weighted by molar-refractivity contribution is 5.73. The average molecular weight is 303 g/mol. The standard InChI is InChI=1S/C18H29N3O/c1-3-4-5-6-18-19-12-11-17(21-18)13-15-7-9-16(10-8-15)20-14(2)22/h11-12,15-16H,3-10,13H2,1-2H3,(H,20,22). The van der Waals surface area contributed by atoms with Crippen LogP contribution in [0.3, 0.4) is 0 Å². The van der Waals surface area contributed by atoms with Gasteiger partial charge < -0.3 is 5.32 Å². The monoisotopic (exact) mass is 303 g/mol. The Balaban J connectivity index is 1.79. The molecule has 0 unspecified atom stereocenters. The Morgan fingerprint density at radius 3 is 2.73 bits per heavy atom. The van der Waals surface area contributed by atoms with Gasteiger partial charge in [-0.05, 0) is 50.5 Å². The molecule has 1 heterocycles. The van der Waals surface area contributed by atoms with Gasteiger partial charge in [-0.3, -0.25) is 4.79 Å². The summed E-state index contributed by atoms with van der Waals surface area (Å²) in [5.41, 5.74) is 1.18. The normalized spacial score (nSPS) is 21.5. The summed E-state index contributed by atoms with van der Waals surface area (Å²) < 4.78 is 0. The van der Waals surface area contributed by atoms with Gasteiger partial charge in [0.25, 0.3) is 0 Å². The average Bonchev–Trinajstić information content (AvgIpc) is 2.49. The first-order valence-electron chi connectivity index (χ1n) is 8.75. The van der Waals surface area contributed by atoms with Gasteiger partial charge in [-0.2, -0.15) is 0 Å². The first-order chi connectivity index (χ1) is 10.7. The fraction of sp³-hybridized carbons (Fsp3) is 0.722. The van der Waals surface area contributed by atoms with E-state index >= 15 is 0 Å². The van der Waals surface area contributed by atoms with E-state index in [1.54, 1.807) is 6.92 Å². The number of carbonyl (C=O) groups excluding carboxylic acids is 1. The smallest absolute Gasteiger partial charge is 0.217 e. The second-order valence-electron chi connectivity index (χ2n) is 6.54. The molecule has 4 heteroatoms. The number of hydrogen-bond acceptors (Lipinski definition) is 3. The van der Waals surface area contributed by atoms with Crippen molar-refractivity contribution in [2.75, 3.05) is 0 Å². The lowest BCUT2D eigenvalue weighted by Gasteiger charge is -2.28. The summed E-state index contributed by atoms with van der Waals surface area (Å²) in [5, 5.41) is 3.04. The van der Waals surface area contributed by atoms with Gasteiger partial charge in [-0.25, -0.2) is 9.97 Å². The summed E-state index contributed by atoms with van der Waals surface area (Å²) in [6.45, 7) is 3.82. The lowest BCUT2D eigenvalue weighted by molar-refractivity contribution is -0.119. The van der Waals surface area contributed by atoms with Crippen LogP contribution in [0.4, 0.5) is 0 Å². The van der Waals surface area contributed by atoms with Gasteiger partial charge in [0.2, 0.25) is 5.91 Å². The van der Waals surface area contributed by atoms with Gasteiger partial charge in [0.15, 0.2) is 0 Å². The van der Waals surface area contributed by atoms with Crippen molar-refractivity contribution in [2.45, 2.75) is 77.7 Å². The Morgan fingerprint density at radius 1 is 1.27 bits per heavy atom. The van der Waals surface area contributed by atoms with Crippen LogP contribution in [0.15, 0.2) is 12.3 Å². The van der Waals surface area contributed by atoms with Gasteiger partial charge in [-0.15, -0.1) is 0 Å². The Kier molecular flexibility index (Phi) is 6.81. The fourth-order valence-corrected chi connectivity index (χ4v) is 3.30. The van der Waals surface area contributed by atoms with Crippen molar-refractivity contribution in [3.63, 3.8) is 0 Å². The molecule has 0 bridgehead atoms. The Labute approximate surface area is 134 Å². The minimum Gasteiger partial charge on any atom is -0.354 e. The molecule has 1 aromatic rings. The van der Waals surface area contributed by atoms with E-state index in [9.17, 15) is 4.79 Å². The van der Waals surface area contributed by atoms with Crippen molar-refractivity contribution < 1.29 is 4.79 Å². The maximum atomic E-state index is 11.1. The molecule has 1 saturated carbocycles. The summed E-state index contributed by atoms with van der Waals surface area (Å²) in [6.07, 6.45) is 12.2. The van der Waals surface area contributed by atoms with E-state index < -0.39 is 0 Å². The van der Waals surface area contributed by atoms with Crippen molar-refractivity contribution in [3.8, 4) is 0 Å². The van der Waals surface area contributed by atoms with Gasteiger partial charge in [0.05, 0.1) is 0 Å². The molecule has 1 amide bonds. The third-order valence-electron chi connectivity index (χ3n) is 4.52. The molecular weight excluding hydrogens is 274 g/mol. The molecule has 4 nitrogen and oxygen atoms in total. The number of nitrogens with one attached hydrogen (secondary N) is 1. The first-order valence-corrected chi connectivity index (χ1v) is 8.75. The SMILES string of the molecule is CCCCCc1nccc(CC2CCC(NC(C)=O)CC2)n1. The molecule has 22 heavy (non-hydrogen) atoms. The highest BCUT2D eigenvalue weighted by atomic mass is 16.1. The molecule has 0 atom stereocenters. The quantitative estimate of drug-likeness (QED) is 0.785. The second-order valence-corrected chi connectivity index (χ2v) is 6.54. The highest BCUT2D eigenvalue weighted by Gasteiger charge is 2.22. The second kappa shape index (κ2) is 8.86. The van der Waals surface area contributed by atoms with Crippen molar-refractivity contribution in [3.05, 3.63) is 23.8 Å². The summed E-state index contributed by atoms with van der Waals surface area (Å²) in [5.74, 6) is 1.79. The topological polar surface area (TPSA) is 54.9 Å². The lowest BCUT2D eigenvalue weighted by Crippen LogP contribution is -2.36. The number of rotatable bonds is 7. The Bertz CT molecular complexity index is 467. The zero-order valence-corrected chi connectivity index (χ0v) is 14.0. The third kappa shape index (κ3) is 5.74. The molecule has 0 saturated heterocycles. The van der Waals surface area contributed by atoms with Crippen molar-refractivity contribution in [2.24, 2.45) is 5.92 Å². The van der Waals surface area contributed by atoms with Gasteiger partial charge >= 0.3 is 0 Å². The number of carbonyl (C=O) groups is 1. The van der Waals surface area contributed by atoms with Crippen LogP contribution in [0.5, 0.6) is 0 Å². The van der Waals surface area contributed by atoms with Crippen molar-refractivity contribution >= 4 is 5.91 Å². The summed E-state index contributed by atoms with van der Waals surface area (Å²) in [7, 11) is 0. The number of amides is 1. The summed E-state index contributed by atoms with van der Waals surface area (Å²) >= 11 is 0. The van der Waals surface area contributed by atoms with Crippen LogP contribution in [-0.4, -0.2) is 21.9 Å². The molecule has 0 radical (unpaired) electrons. The highest BCUT2D eigenvalue weighted by Crippen LogP contribution is 2.27. The number of unbranched alkanes of at least 4 members (excludes halogenated alkanes) is 2. The van der Waals surface area contributed by atoms with E-state index in [2.05, 4.69) is 23.3 Å². The Morgan fingerprint density at radius 2 is 2.05 bits per heavy atom. The van der Waals surface area contributed by atoms with E-state index in [0.29, 0.717) is 12.0 Å². The minimum atomic E-state index is 0.0935. The summed E-state index contributed by atoms with van der Waals surface area (Å²) in [6, 6.07) is 2.44. The van der Waals surface area contributed by atoms with Crippen LogP contribution in [0, 0.1) is 5.92 Å². The molecule has 1 N–H and O–H groups in total. The lowest BCUT2D eigenvalue weighted by atomic mass is 9.83. The predicted octanol–water partition coefficient (Wildman–Crippen LogP) is 3.45. The van der Waals surface area contributed by atoms with Gasteiger partial charge in [-0.1, -0.05) is 19.8 Å². The molecular formula is C18H29N3O. The maximum Gasteiger partial charge on any atom is 0.217 e. The minimum absolute atomic E-state index is 0.0935. The van der Waals surface area contributed by atoms with Crippen LogP contribution in [0.1, 0.15) is 70.3 Å². The number of aromatic nitrogens is 2. The van der Waals surface area contributed by atoms with E-state index in [1.165, 1.54) is 37.8 Å². The number of aryl methyl sites for hydroxylation is 1. The maximum absolute atomic E-state index is 11.1. The molecule has 0 aromatic carbocycles.